The highest BCUT2D eigenvalue weighted by molar-refractivity contribution is 7.91. The number of hydrogen-bond donors (Lipinski definition) is 2. The smallest absolute Gasteiger partial charge is 0.325 e. The third-order valence-corrected chi connectivity index (χ3v) is 5.82. The Hall–Kier alpha value is -2.95. The molecule has 2 N–H and O–H groups in total. The van der Waals surface area contributed by atoms with Crippen LogP contribution in [0, 0.1) is 6.92 Å². The maximum atomic E-state index is 12.6. The molecule has 2 aromatic rings. The summed E-state index contributed by atoms with van der Waals surface area (Å²) in [5, 5.41) is 5.32. The van der Waals surface area contributed by atoms with E-state index in [-0.39, 0.29) is 18.2 Å². The molecule has 1 atom stereocenters. The predicted molar refractivity (Wildman–Crippen MR) is 113 cm³/mol. The molecule has 0 bridgehead atoms. The number of hydrogen-bond acceptors (Lipinski definition) is 8. The monoisotopic (exact) mass is 450 g/mol. The van der Waals surface area contributed by atoms with Gasteiger partial charge in [-0.1, -0.05) is 29.8 Å². The summed E-state index contributed by atoms with van der Waals surface area (Å²) in [4.78, 5) is 24.0. The molecule has 0 aliphatic carbocycles. The maximum absolute atomic E-state index is 12.6. The number of methoxy groups -OCH3 is 2. The molecule has 0 aliphatic rings. The number of nitrogens with one attached hydrogen (secondary N) is 2. The third kappa shape index (κ3) is 7.35. The summed E-state index contributed by atoms with van der Waals surface area (Å²) < 4.78 is 39.7. The molecular weight excluding hydrogens is 424 g/mol. The summed E-state index contributed by atoms with van der Waals surface area (Å²) >= 11 is 0. The van der Waals surface area contributed by atoms with Gasteiger partial charge in [0.2, 0.25) is 15.7 Å². The SMILES string of the molecule is COC(=O)CNC(=O)C(NCOCS(=O)(=O)c1ccc(C)cc1)c1ccc(OC)cc1. The lowest BCUT2D eigenvalue weighted by molar-refractivity contribution is -0.141. The Bertz CT molecular complexity index is 974. The molecule has 1 unspecified atom stereocenters. The summed E-state index contributed by atoms with van der Waals surface area (Å²) in [7, 11) is -0.892. The van der Waals surface area contributed by atoms with Gasteiger partial charge >= 0.3 is 5.97 Å². The normalized spacial score (nSPS) is 12.1. The fraction of sp³-hybridized carbons (Fsp3) is 0.333. The second-order valence-electron chi connectivity index (χ2n) is 6.60. The Morgan fingerprint density at radius 3 is 2.23 bits per heavy atom. The Labute approximate surface area is 181 Å². The van der Waals surface area contributed by atoms with Crippen molar-refractivity contribution in [2.45, 2.75) is 17.9 Å². The van der Waals surface area contributed by atoms with E-state index in [0.29, 0.717) is 11.3 Å². The number of amides is 1. The number of sulfone groups is 1. The first-order valence-electron chi connectivity index (χ1n) is 9.36. The van der Waals surface area contributed by atoms with E-state index in [1.165, 1.54) is 26.4 Å². The van der Waals surface area contributed by atoms with Crippen LogP contribution in [0.2, 0.25) is 0 Å². The van der Waals surface area contributed by atoms with Gasteiger partial charge in [0.1, 0.15) is 18.3 Å². The fourth-order valence-corrected chi connectivity index (χ4v) is 3.59. The van der Waals surface area contributed by atoms with Crippen LogP contribution in [0.4, 0.5) is 0 Å². The second-order valence-corrected chi connectivity index (χ2v) is 8.53. The van der Waals surface area contributed by atoms with Crippen molar-refractivity contribution in [3.63, 3.8) is 0 Å². The lowest BCUT2D eigenvalue weighted by atomic mass is 10.1. The standard InChI is InChI=1S/C21H26N2O7S/c1-15-4-10-18(11-5-15)31(26,27)14-30-13-23-20(21(25)22-12-19(24)29-3)16-6-8-17(28-2)9-7-16/h4-11,20,23H,12-14H2,1-3H3,(H,22,25). The van der Waals surface area contributed by atoms with E-state index in [9.17, 15) is 18.0 Å². The largest absolute Gasteiger partial charge is 0.497 e. The van der Waals surface area contributed by atoms with Crippen LogP contribution in [0.1, 0.15) is 17.2 Å². The molecule has 168 valence electrons. The van der Waals surface area contributed by atoms with E-state index >= 15 is 0 Å². The van der Waals surface area contributed by atoms with Crippen LogP contribution in [0.5, 0.6) is 5.75 Å². The Kier molecular flexibility index (Phi) is 8.98. The molecule has 0 aromatic heterocycles. The van der Waals surface area contributed by atoms with Crippen molar-refractivity contribution < 1.29 is 32.2 Å². The average molecular weight is 451 g/mol. The van der Waals surface area contributed by atoms with Crippen LogP contribution in [-0.2, 0) is 28.9 Å². The van der Waals surface area contributed by atoms with E-state index in [0.717, 1.165) is 5.56 Å². The zero-order valence-corrected chi connectivity index (χ0v) is 18.4. The molecule has 0 saturated heterocycles. The van der Waals surface area contributed by atoms with Crippen molar-refractivity contribution in [2.24, 2.45) is 0 Å². The average Bonchev–Trinajstić information content (AvgIpc) is 2.77. The topological polar surface area (TPSA) is 120 Å². The Balaban J connectivity index is 2.02. The fourth-order valence-electron chi connectivity index (χ4n) is 2.60. The minimum absolute atomic E-state index is 0.153. The number of ether oxygens (including phenoxy) is 3. The van der Waals surface area contributed by atoms with E-state index in [1.54, 1.807) is 36.4 Å². The van der Waals surface area contributed by atoms with Crippen molar-refractivity contribution in [1.29, 1.82) is 0 Å². The van der Waals surface area contributed by atoms with E-state index in [1.807, 2.05) is 6.92 Å². The summed E-state index contributed by atoms with van der Waals surface area (Å²) in [5.41, 5.74) is 1.52. The molecule has 0 aliphatic heterocycles. The molecule has 0 spiro atoms. The number of carbonyl (C=O) groups excluding carboxylic acids is 2. The Morgan fingerprint density at radius 2 is 1.65 bits per heavy atom. The Morgan fingerprint density at radius 1 is 1.00 bits per heavy atom. The van der Waals surface area contributed by atoms with Gasteiger partial charge in [0.05, 0.1) is 25.8 Å². The van der Waals surface area contributed by atoms with E-state index in [2.05, 4.69) is 15.4 Å². The van der Waals surface area contributed by atoms with Crippen molar-refractivity contribution in [1.82, 2.24) is 10.6 Å². The first-order valence-corrected chi connectivity index (χ1v) is 11.0. The van der Waals surface area contributed by atoms with Crippen LogP contribution < -0.4 is 15.4 Å². The molecule has 10 heteroatoms. The lowest BCUT2D eigenvalue weighted by Gasteiger charge is -2.19. The zero-order valence-electron chi connectivity index (χ0n) is 17.6. The number of benzene rings is 2. The number of aryl methyl sites for hydroxylation is 1. The minimum Gasteiger partial charge on any atom is -0.497 e. The van der Waals surface area contributed by atoms with Crippen molar-refractivity contribution >= 4 is 21.7 Å². The lowest BCUT2D eigenvalue weighted by Crippen LogP contribution is -2.41. The number of esters is 1. The predicted octanol–water partition coefficient (Wildman–Crippen LogP) is 1.33. The molecule has 0 radical (unpaired) electrons. The van der Waals surface area contributed by atoms with Gasteiger partial charge in [0, 0.05) is 0 Å². The van der Waals surface area contributed by atoms with Crippen LogP contribution in [0.3, 0.4) is 0 Å². The van der Waals surface area contributed by atoms with Gasteiger partial charge in [-0.05, 0) is 36.8 Å². The van der Waals surface area contributed by atoms with Gasteiger partial charge in [-0.25, -0.2) is 8.42 Å². The van der Waals surface area contributed by atoms with Crippen molar-refractivity contribution in [3.8, 4) is 5.75 Å². The highest BCUT2D eigenvalue weighted by Crippen LogP contribution is 2.18. The van der Waals surface area contributed by atoms with Crippen molar-refractivity contribution in [3.05, 3.63) is 59.7 Å². The summed E-state index contributed by atoms with van der Waals surface area (Å²) in [5.74, 6) is -1.04. The molecule has 0 heterocycles. The van der Waals surface area contributed by atoms with E-state index < -0.39 is 33.7 Å². The number of carbonyl (C=O) groups is 2. The van der Waals surface area contributed by atoms with Gasteiger partial charge in [0.25, 0.3) is 0 Å². The van der Waals surface area contributed by atoms with Gasteiger partial charge in [-0.15, -0.1) is 0 Å². The molecule has 2 aromatic carbocycles. The molecule has 0 saturated carbocycles. The number of rotatable bonds is 11. The maximum Gasteiger partial charge on any atom is 0.325 e. The molecule has 1 amide bonds. The summed E-state index contributed by atoms with van der Waals surface area (Å²) in [6, 6.07) is 12.3. The molecular formula is C21H26N2O7S. The highest BCUT2D eigenvalue weighted by atomic mass is 32.2. The van der Waals surface area contributed by atoms with Crippen LogP contribution >= 0.6 is 0 Å². The van der Waals surface area contributed by atoms with E-state index in [4.69, 9.17) is 9.47 Å². The first kappa shape index (κ1) is 24.3. The van der Waals surface area contributed by atoms with Gasteiger partial charge in [0.15, 0.2) is 5.94 Å². The van der Waals surface area contributed by atoms with Gasteiger partial charge < -0.3 is 19.5 Å². The van der Waals surface area contributed by atoms with Crippen LogP contribution in [0.25, 0.3) is 0 Å². The molecule has 9 nitrogen and oxygen atoms in total. The van der Waals surface area contributed by atoms with Gasteiger partial charge in [-0.2, -0.15) is 0 Å². The third-order valence-electron chi connectivity index (χ3n) is 4.35. The molecule has 2 rings (SSSR count). The highest BCUT2D eigenvalue weighted by Gasteiger charge is 2.22. The van der Waals surface area contributed by atoms with Crippen LogP contribution in [-0.4, -0.2) is 53.7 Å². The minimum atomic E-state index is -3.63. The first-order chi connectivity index (χ1) is 14.8. The van der Waals surface area contributed by atoms with Gasteiger partial charge in [-0.3, -0.25) is 14.9 Å². The molecule has 0 fully saturated rings. The zero-order chi connectivity index (χ0) is 22.9. The summed E-state index contributed by atoms with van der Waals surface area (Å²) in [6.07, 6.45) is 0. The van der Waals surface area contributed by atoms with Crippen LogP contribution in [0.15, 0.2) is 53.4 Å². The van der Waals surface area contributed by atoms with Crippen molar-refractivity contribution in [2.75, 3.05) is 33.4 Å². The second kappa shape index (κ2) is 11.4. The quantitative estimate of drug-likeness (QED) is 0.299. The molecule has 31 heavy (non-hydrogen) atoms. The summed E-state index contributed by atoms with van der Waals surface area (Å²) in [6.45, 7) is 1.35.